The van der Waals surface area contributed by atoms with E-state index >= 15 is 0 Å². The van der Waals surface area contributed by atoms with Crippen LogP contribution in [0.5, 0.6) is 0 Å². The Bertz CT molecular complexity index is 169. The number of carboxylic acids is 1. The van der Waals surface area contributed by atoms with E-state index in [2.05, 4.69) is 5.32 Å². The molecule has 0 saturated heterocycles. The van der Waals surface area contributed by atoms with Gasteiger partial charge in [0.15, 0.2) is 0 Å². The number of aliphatic hydroxyl groups excluding tert-OH is 1. The molecule has 3 N–H and O–H groups in total. The average molecular weight is 175 g/mol. The van der Waals surface area contributed by atoms with E-state index in [0.717, 1.165) is 0 Å². The second kappa shape index (κ2) is 5.54. The van der Waals surface area contributed by atoms with Gasteiger partial charge in [0.05, 0.1) is 6.61 Å². The van der Waals surface area contributed by atoms with E-state index in [4.69, 9.17) is 10.2 Å². The second-order valence-corrected chi connectivity index (χ2v) is 2.39. The molecule has 0 radical (unpaired) electrons. The van der Waals surface area contributed by atoms with Gasteiger partial charge in [-0.3, -0.25) is 4.79 Å². The predicted molar refractivity (Wildman–Crippen MR) is 41.6 cm³/mol. The Morgan fingerprint density at radius 1 is 1.50 bits per heavy atom. The number of aliphatic carboxylic acids is 1. The van der Waals surface area contributed by atoms with E-state index in [9.17, 15) is 9.59 Å². The lowest BCUT2D eigenvalue weighted by Gasteiger charge is -2.10. The summed E-state index contributed by atoms with van der Waals surface area (Å²) in [6.07, 6.45) is 0.938. The van der Waals surface area contributed by atoms with Gasteiger partial charge in [0.2, 0.25) is 5.91 Å². The first kappa shape index (κ1) is 10.9. The molecule has 12 heavy (non-hydrogen) atoms. The van der Waals surface area contributed by atoms with Crippen LogP contribution in [0.3, 0.4) is 0 Å². The first-order chi connectivity index (χ1) is 5.61. The molecule has 0 heterocycles. The van der Waals surface area contributed by atoms with Gasteiger partial charge >= 0.3 is 5.97 Å². The van der Waals surface area contributed by atoms with Crippen molar-refractivity contribution in [2.75, 3.05) is 6.61 Å². The zero-order valence-corrected chi connectivity index (χ0v) is 6.91. The molecule has 0 saturated carbocycles. The summed E-state index contributed by atoms with van der Waals surface area (Å²) in [7, 11) is 0. The third-order valence-electron chi connectivity index (χ3n) is 1.29. The number of carbonyl (C=O) groups excluding carboxylic acids is 1. The van der Waals surface area contributed by atoms with E-state index in [1.54, 1.807) is 0 Å². The summed E-state index contributed by atoms with van der Waals surface area (Å²) in [5, 5.41) is 19.1. The Kier molecular flexibility index (Phi) is 5.03. The van der Waals surface area contributed by atoms with Gasteiger partial charge in [0, 0.05) is 6.42 Å². The zero-order chi connectivity index (χ0) is 9.56. The van der Waals surface area contributed by atoms with Gasteiger partial charge in [0.1, 0.15) is 6.04 Å². The molecule has 0 fully saturated rings. The summed E-state index contributed by atoms with van der Waals surface area (Å²) >= 11 is 0. The Labute approximate surface area is 70.4 Å². The van der Waals surface area contributed by atoms with Crippen molar-refractivity contribution >= 4 is 11.9 Å². The minimum atomic E-state index is -1.22. The van der Waals surface area contributed by atoms with E-state index in [1.165, 1.54) is 0 Å². The van der Waals surface area contributed by atoms with Crippen LogP contribution in [0.4, 0.5) is 0 Å². The summed E-state index contributed by atoms with van der Waals surface area (Å²) in [5.74, 6) is -1.57. The highest BCUT2D eigenvalue weighted by Crippen LogP contribution is 1.89. The Morgan fingerprint density at radius 2 is 2.08 bits per heavy atom. The molecule has 0 spiro atoms. The number of carboxylic acid groups (broad SMARTS) is 1. The highest BCUT2D eigenvalue weighted by atomic mass is 16.4. The smallest absolute Gasteiger partial charge is 0.328 e. The second-order valence-electron chi connectivity index (χ2n) is 2.39. The maximum atomic E-state index is 10.8. The monoisotopic (exact) mass is 175 g/mol. The minimum absolute atomic E-state index is 0.282. The molecule has 0 aliphatic carbocycles. The molecule has 1 amide bonds. The van der Waals surface area contributed by atoms with Crippen molar-refractivity contribution < 1.29 is 19.8 Å². The van der Waals surface area contributed by atoms with Gasteiger partial charge in [-0.1, -0.05) is 6.92 Å². The van der Waals surface area contributed by atoms with Gasteiger partial charge in [-0.25, -0.2) is 4.79 Å². The van der Waals surface area contributed by atoms with Gasteiger partial charge in [0.25, 0.3) is 0 Å². The normalized spacial score (nSPS) is 12.2. The fraction of sp³-hybridized carbons (Fsp3) is 0.714. The van der Waals surface area contributed by atoms with Crippen molar-refractivity contribution in [3.8, 4) is 0 Å². The van der Waals surface area contributed by atoms with Crippen molar-refractivity contribution in [1.29, 1.82) is 0 Å². The van der Waals surface area contributed by atoms with Crippen molar-refractivity contribution in [3.63, 3.8) is 0 Å². The largest absolute Gasteiger partial charge is 0.480 e. The topological polar surface area (TPSA) is 86.6 Å². The van der Waals surface area contributed by atoms with Crippen LogP contribution in [0.15, 0.2) is 0 Å². The molecule has 0 aliphatic heterocycles. The number of hydrogen-bond acceptors (Lipinski definition) is 3. The lowest BCUT2D eigenvalue weighted by atomic mass is 10.2. The van der Waals surface area contributed by atoms with Gasteiger partial charge < -0.3 is 15.5 Å². The quantitative estimate of drug-likeness (QED) is 0.518. The maximum absolute atomic E-state index is 10.8. The van der Waals surface area contributed by atoms with Crippen LogP contribution in [0, 0.1) is 0 Å². The van der Waals surface area contributed by atoms with E-state index < -0.39 is 18.6 Å². The first-order valence-electron chi connectivity index (χ1n) is 3.74. The fourth-order valence-corrected chi connectivity index (χ4v) is 0.679. The molecule has 0 aromatic rings. The molecular weight excluding hydrogens is 162 g/mol. The summed E-state index contributed by atoms with van der Waals surface area (Å²) < 4.78 is 0. The number of aliphatic hydroxyl groups is 1. The molecule has 0 aromatic heterocycles. The van der Waals surface area contributed by atoms with Crippen molar-refractivity contribution in [3.05, 3.63) is 0 Å². The number of carbonyl (C=O) groups is 2. The van der Waals surface area contributed by atoms with Crippen molar-refractivity contribution in [2.24, 2.45) is 0 Å². The highest BCUT2D eigenvalue weighted by Gasteiger charge is 2.17. The molecule has 1 unspecified atom stereocenters. The average Bonchev–Trinajstić information content (AvgIpc) is 2.00. The van der Waals surface area contributed by atoms with E-state index in [1.807, 2.05) is 6.92 Å². The number of nitrogens with one attached hydrogen (secondary N) is 1. The molecule has 0 rings (SSSR count). The van der Waals surface area contributed by atoms with Crippen LogP contribution < -0.4 is 5.32 Å². The van der Waals surface area contributed by atoms with Crippen LogP contribution >= 0.6 is 0 Å². The SMILES string of the molecule is CCCC(=O)NC(CO)C(=O)O. The summed E-state index contributed by atoms with van der Waals surface area (Å²) in [6, 6.07) is -1.18. The highest BCUT2D eigenvalue weighted by molar-refractivity contribution is 5.83. The number of rotatable bonds is 5. The molecule has 5 nitrogen and oxygen atoms in total. The summed E-state index contributed by atoms with van der Waals surface area (Å²) in [6.45, 7) is 1.24. The maximum Gasteiger partial charge on any atom is 0.328 e. The van der Waals surface area contributed by atoms with Crippen LogP contribution in [0.1, 0.15) is 19.8 Å². The molecule has 0 bridgehead atoms. The van der Waals surface area contributed by atoms with Gasteiger partial charge in [-0.05, 0) is 6.42 Å². The van der Waals surface area contributed by atoms with Crippen LogP contribution in [0.25, 0.3) is 0 Å². The summed E-state index contributed by atoms with van der Waals surface area (Å²) in [4.78, 5) is 21.1. The predicted octanol–water partition coefficient (Wildman–Crippen LogP) is -0.652. The standard InChI is InChI=1S/C7H13NO4/c1-2-3-6(10)8-5(4-9)7(11)12/h5,9H,2-4H2,1H3,(H,8,10)(H,11,12). The van der Waals surface area contributed by atoms with E-state index in [-0.39, 0.29) is 12.3 Å². The van der Waals surface area contributed by atoms with Crippen LogP contribution in [-0.2, 0) is 9.59 Å². The number of amides is 1. The minimum Gasteiger partial charge on any atom is -0.480 e. The van der Waals surface area contributed by atoms with Gasteiger partial charge in [-0.2, -0.15) is 0 Å². The lowest BCUT2D eigenvalue weighted by Crippen LogP contribution is -2.43. The Balaban J connectivity index is 3.85. The number of hydrogen-bond donors (Lipinski definition) is 3. The molecule has 5 heteroatoms. The van der Waals surface area contributed by atoms with E-state index in [0.29, 0.717) is 6.42 Å². The third kappa shape index (κ3) is 3.92. The van der Waals surface area contributed by atoms with Crippen LogP contribution in [-0.4, -0.2) is 34.7 Å². The van der Waals surface area contributed by atoms with Crippen molar-refractivity contribution in [2.45, 2.75) is 25.8 Å². The third-order valence-corrected chi connectivity index (χ3v) is 1.29. The zero-order valence-electron chi connectivity index (χ0n) is 6.91. The molecule has 0 aliphatic rings. The molecule has 1 atom stereocenters. The van der Waals surface area contributed by atoms with Crippen LogP contribution in [0.2, 0.25) is 0 Å². The van der Waals surface area contributed by atoms with Gasteiger partial charge in [-0.15, -0.1) is 0 Å². The summed E-state index contributed by atoms with van der Waals surface area (Å²) in [5.41, 5.74) is 0. The lowest BCUT2D eigenvalue weighted by molar-refractivity contribution is -0.142. The molecule has 0 aromatic carbocycles. The molecule has 70 valence electrons. The van der Waals surface area contributed by atoms with Crippen molar-refractivity contribution in [1.82, 2.24) is 5.32 Å². The fourth-order valence-electron chi connectivity index (χ4n) is 0.679. The Hall–Kier alpha value is -1.10. The first-order valence-corrected chi connectivity index (χ1v) is 3.74. The molecular formula is C7H13NO4. The Morgan fingerprint density at radius 3 is 2.42 bits per heavy atom.